The molecule has 1 aliphatic heterocycles. The van der Waals surface area contributed by atoms with Crippen LogP contribution in [0.3, 0.4) is 0 Å². The first kappa shape index (κ1) is 11.4. The molecular weight excluding hydrogens is 226 g/mol. The highest BCUT2D eigenvalue weighted by molar-refractivity contribution is 8.22. The van der Waals surface area contributed by atoms with Crippen LogP contribution < -0.4 is 5.32 Å². The van der Waals surface area contributed by atoms with E-state index in [1.807, 2.05) is 6.92 Å². The summed E-state index contributed by atoms with van der Waals surface area (Å²) in [5, 5.41) is 3.09. The molecule has 1 fully saturated rings. The van der Waals surface area contributed by atoms with Crippen molar-refractivity contribution in [1.29, 1.82) is 0 Å². The van der Waals surface area contributed by atoms with Crippen LogP contribution in [0.5, 0.6) is 0 Å². The summed E-state index contributed by atoms with van der Waals surface area (Å²) < 4.78 is 21.2. The van der Waals surface area contributed by atoms with E-state index in [1.165, 1.54) is 0 Å². The van der Waals surface area contributed by atoms with E-state index in [0.29, 0.717) is 11.5 Å². The Bertz CT molecular complexity index is 244. The van der Waals surface area contributed by atoms with Gasteiger partial charge in [-0.1, -0.05) is 35.1 Å². The molecule has 6 heteroatoms. The van der Waals surface area contributed by atoms with E-state index in [0.717, 1.165) is 16.5 Å². The molecule has 3 nitrogen and oxygen atoms in total. The predicted octanol–water partition coefficient (Wildman–Crippen LogP) is 1.36. The minimum Gasteiger partial charge on any atom is -0.363 e. The highest BCUT2D eigenvalue weighted by Crippen LogP contribution is 2.17. The van der Waals surface area contributed by atoms with Gasteiger partial charge < -0.3 is 5.32 Å². The lowest BCUT2D eigenvalue weighted by Gasteiger charge is -2.09. The predicted molar refractivity (Wildman–Crippen MR) is 62.7 cm³/mol. The number of thioether (sulfide) groups is 1. The largest absolute Gasteiger partial charge is 0.363 e. The molecule has 0 spiro atoms. The molecule has 1 heterocycles. The highest BCUT2D eigenvalue weighted by Gasteiger charge is 2.38. The lowest BCUT2D eigenvalue weighted by molar-refractivity contribution is 0.502. The van der Waals surface area contributed by atoms with Gasteiger partial charge in [0.15, 0.2) is 5.75 Å². The maximum Gasteiger partial charge on any atom is 0.216 e. The fourth-order valence-electron chi connectivity index (χ4n) is 1.26. The Morgan fingerprint density at radius 3 is 3.00 bits per heavy atom. The smallest absolute Gasteiger partial charge is 0.216 e. The molecule has 1 rings (SSSR count). The molecule has 0 radical (unpaired) electrons. The van der Waals surface area contributed by atoms with Crippen LogP contribution in [0.4, 0.5) is 0 Å². The lowest BCUT2D eigenvalue weighted by atomic mass is 10.3. The number of nitrogens with one attached hydrogen (secondary N) is 1. The van der Waals surface area contributed by atoms with Gasteiger partial charge in [0.2, 0.25) is 10.2 Å². The second-order valence-corrected chi connectivity index (χ2v) is 7.22. The fourth-order valence-corrected chi connectivity index (χ4v) is 3.99. The number of rotatable bonds is 2. The zero-order valence-corrected chi connectivity index (χ0v) is 9.94. The van der Waals surface area contributed by atoms with E-state index in [-0.39, 0.29) is 6.04 Å². The van der Waals surface area contributed by atoms with Gasteiger partial charge in [0.05, 0.1) is 6.04 Å². The van der Waals surface area contributed by atoms with Gasteiger partial charge in [0, 0.05) is 6.42 Å². The van der Waals surface area contributed by atoms with Crippen LogP contribution in [0.25, 0.3) is 0 Å². The molecule has 0 aromatic rings. The van der Waals surface area contributed by atoms with E-state index in [1.54, 1.807) is 11.8 Å². The summed E-state index contributed by atoms with van der Waals surface area (Å²) >= 11 is 6.61. The zero-order valence-electron chi connectivity index (χ0n) is 7.49. The monoisotopic (exact) mass is 240 g/mol. The minimum absolute atomic E-state index is 0.101. The molecule has 1 aliphatic rings. The van der Waals surface area contributed by atoms with Crippen molar-refractivity contribution in [1.82, 2.24) is 5.32 Å². The average Bonchev–Trinajstić information content (AvgIpc) is 2.30. The average molecular weight is 240 g/mol. The van der Waals surface area contributed by atoms with Crippen molar-refractivity contribution >= 4 is 38.5 Å². The van der Waals surface area contributed by atoms with Gasteiger partial charge in [-0.2, -0.15) is 4.55 Å². The van der Waals surface area contributed by atoms with Crippen LogP contribution in [-0.2, 0) is 14.4 Å². The third-order valence-corrected chi connectivity index (χ3v) is 4.78. The number of hydrogen-bond acceptors (Lipinski definition) is 3. The first-order chi connectivity index (χ1) is 6.03. The molecule has 1 unspecified atom stereocenters. The molecule has 0 bridgehead atoms. The molecular formula is C7H14NO2S3+. The fraction of sp³-hybridized carbons (Fsp3) is 0.857. The summed E-state index contributed by atoms with van der Waals surface area (Å²) in [6.07, 6.45) is 0.750. The van der Waals surface area contributed by atoms with Crippen molar-refractivity contribution in [2.45, 2.75) is 19.4 Å². The van der Waals surface area contributed by atoms with Crippen molar-refractivity contribution < 1.29 is 8.76 Å². The second kappa shape index (κ2) is 4.72. The highest BCUT2D eigenvalue weighted by atomic mass is 32.3. The van der Waals surface area contributed by atoms with Crippen LogP contribution in [0.2, 0.25) is 0 Å². The van der Waals surface area contributed by atoms with Gasteiger partial charge in [-0.3, -0.25) is 0 Å². The topological polar surface area (TPSA) is 49.3 Å². The molecule has 2 atom stereocenters. The Morgan fingerprint density at radius 1 is 1.85 bits per heavy atom. The van der Waals surface area contributed by atoms with Crippen molar-refractivity contribution in [3.05, 3.63) is 0 Å². The molecule has 0 aromatic carbocycles. The molecule has 13 heavy (non-hydrogen) atoms. The Morgan fingerprint density at radius 2 is 2.54 bits per heavy atom. The number of thiocarbonyl (C=S) groups is 1. The summed E-state index contributed by atoms with van der Waals surface area (Å²) in [5.74, 6) is 1.69. The van der Waals surface area contributed by atoms with Gasteiger partial charge >= 0.3 is 0 Å². The van der Waals surface area contributed by atoms with E-state index >= 15 is 0 Å². The summed E-state index contributed by atoms with van der Waals surface area (Å²) in [6.45, 7) is 2.03. The summed E-state index contributed by atoms with van der Waals surface area (Å²) in [5.41, 5.74) is 0. The van der Waals surface area contributed by atoms with Crippen molar-refractivity contribution in [3.8, 4) is 0 Å². The van der Waals surface area contributed by atoms with Crippen molar-refractivity contribution in [2.75, 3.05) is 17.3 Å². The molecule has 76 valence electrons. The molecule has 0 aliphatic carbocycles. The van der Waals surface area contributed by atoms with E-state index in [9.17, 15) is 8.76 Å². The van der Waals surface area contributed by atoms with Gasteiger partial charge in [0.1, 0.15) is 10.1 Å². The van der Waals surface area contributed by atoms with Crippen LogP contribution in [-0.4, -0.2) is 32.2 Å². The standard InChI is InChI=1S/C7H13NO2S3/c1-2-12-7(11)8-6-3-4-13(9,10)5-6/h6H,2-5H2,1H3,(H-,8,9,10,11)/p+1/t6-/m0/s1. The molecule has 0 aromatic heterocycles. The lowest BCUT2D eigenvalue weighted by Crippen LogP contribution is -2.33. The molecule has 0 saturated carbocycles. The molecule has 0 amide bonds. The number of hydrogen-bond donors (Lipinski definition) is 2. The van der Waals surface area contributed by atoms with Crippen molar-refractivity contribution in [3.63, 3.8) is 0 Å². The normalized spacial score (nSPS) is 33.2. The quantitative estimate of drug-likeness (QED) is 0.564. The maximum absolute atomic E-state index is 11.2. The van der Waals surface area contributed by atoms with E-state index in [4.69, 9.17) is 12.2 Å². The minimum atomic E-state index is -2.54. The zero-order chi connectivity index (χ0) is 9.90. The van der Waals surface area contributed by atoms with Gasteiger partial charge in [-0.25, -0.2) is 0 Å². The van der Waals surface area contributed by atoms with Gasteiger partial charge in [0.25, 0.3) is 0 Å². The van der Waals surface area contributed by atoms with Crippen LogP contribution >= 0.6 is 24.0 Å². The SMILES string of the molecule is CCSC(=S)N[C@H]1CC[S+](=O)(O)C1. The van der Waals surface area contributed by atoms with Gasteiger partial charge in [-0.05, 0) is 5.75 Å². The Kier molecular flexibility index (Phi) is 4.15. The van der Waals surface area contributed by atoms with E-state index < -0.39 is 10.2 Å². The molecule has 1 saturated heterocycles. The first-order valence-electron chi connectivity index (χ1n) is 4.19. The third kappa shape index (κ3) is 3.93. The molecule has 2 N–H and O–H groups in total. The summed E-state index contributed by atoms with van der Waals surface area (Å²) in [4.78, 5) is 0. The maximum atomic E-state index is 11.2. The second-order valence-electron chi connectivity index (χ2n) is 2.99. The van der Waals surface area contributed by atoms with Crippen LogP contribution in [0, 0.1) is 0 Å². The van der Waals surface area contributed by atoms with Crippen LogP contribution in [0.15, 0.2) is 0 Å². The van der Waals surface area contributed by atoms with Gasteiger partial charge in [-0.15, -0.1) is 0 Å². The third-order valence-electron chi connectivity index (χ3n) is 1.84. The summed E-state index contributed by atoms with van der Waals surface area (Å²) in [7, 11) is -2.54. The first-order valence-corrected chi connectivity index (χ1v) is 7.43. The van der Waals surface area contributed by atoms with Crippen LogP contribution in [0.1, 0.15) is 13.3 Å². The Hall–Kier alpha value is 0.350. The summed E-state index contributed by atoms with van der Waals surface area (Å²) in [6, 6.07) is 0.101. The Labute approximate surface area is 89.3 Å². The van der Waals surface area contributed by atoms with E-state index in [2.05, 4.69) is 5.32 Å². The Balaban J connectivity index is 2.32. The van der Waals surface area contributed by atoms with Crippen molar-refractivity contribution in [2.24, 2.45) is 0 Å².